The monoisotopic (exact) mass is 563 g/mol. The number of nitrogens with one attached hydrogen (secondary N) is 1. The van der Waals surface area contributed by atoms with E-state index in [2.05, 4.69) is 40.8 Å². The molecule has 0 bridgehead atoms. The lowest BCUT2D eigenvalue weighted by Crippen LogP contribution is -2.39. The van der Waals surface area contributed by atoms with Crippen LogP contribution in [0.25, 0.3) is 0 Å². The van der Waals surface area contributed by atoms with Gasteiger partial charge in [0.05, 0.1) is 19.3 Å². The maximum absolute atomic E-state index is 12.5. The molecule has 7 nitrogen and oxygen atoms in total. The third-order valence-corrected chi connectivity index (χ3v) is 6.87. The van der Waals surface area contributed by atoms with Gasteiger partial charge in [-0.2, -0.15) is 0 Å². The molecule has 1 atom stereocenters. The zero-order chi connectivity index (χ0) is 28.6. The van der Waals surface area contributed by atoms with Crippen molar-refractivity contribution in [1.82, 2.24) is 5.32 Å². The fraction of sp³-hybridized carbons (Fsp3) is 0.645. The quantitative estimate of drug-likeness (QED) is 0.0547. The largest absolute Gasteiger partial charge is 0.469 e. The minimum Gasteiger partial charge on any atom is -0.395 e. The molecule has 0 aliphatic rings. The van der Waals surface area contributed by atoms with Gasteiger partial charge in [0.1, 0.15) is 0 Å². The number of aliphatic hydroxyl groups is 1. The van der Waals surface area contributed by atoms with Crippen LogP contribution in [-0.4, -0.2) is 40.1 Å². The summed E-state index contributed by atoms with van der Waals surface area (Å²) in [6, 6.07) is 6.86. The molecule has 0 saturated carbocycles. The van der Waals surface area contributed by atoms with Gasteiger partial charge >= 0.3 is 7.82 Å². The van der Waals surface area contributed by atoms with Crippen molar-refractivity contribution in [3.63, 3.8) is 0 Å². The predicted octanol–water partition coefficient (Wildman–Crippen LogP) is 6.59. The number of unbranched alkanes of at least 4 members (excludes halogenated alkanes) is 11. The maximum atomic E-state index is 12.5. The molecule has 1 unspecified atom stereocenters. The number of phosphoric ester groups is 1. The van der Waals surface area contributed by atoms with Crippen LogP contribution in [0.1, 0.15) is 114 Å². The van der Waals surface area contributed by atoms with Gasteiger partial charge in [0.15, 0.2) is 0 Å². The van der Waals surface area contributed by atoms with Crippen LogP contribution in [0.5, 0.6) is 0 Å². The van der Waals surface area contributed by atoms with Gasteiger partial charge in [-0.15, -0.1) is 0 Å². The molecule has 1 aromatic rings. The Balaban J connectivity index is 2.28. The smallest absolute Gasteiger partial charge is 0.395 e. The summed E-state index contributed by atoms with van der Waals surface area (Å²) in [6.07, 6.45) is 21.3. The first-order valence-electron chi connectivity index (χ1n) is 14.7. The standard InChI is InChI=1S/C31H50NO6P/c1-2-3-4-5-6-7-8-9-10-11-12-13-14-15-16-20-31(34)32-30(27-38-39(35,36)37)26-29-23-21-28(22-24-29)19-17-18-25-33/h9-10,21-24,30,33H,2-8,11-16,18,20,25-27H2,1H3,(H,32,34)(H2,35,36,37)/b10-9-. The Hall–Kier alpha value is -1.94. The van der Waals surface area contributed by atoms with E-state index in [0.717, 1.165) is 43.2 Å². The zero-order valence-electron chi connectivity index (χ0n) is 23.8. The first-order chi connectivity index (χ1) is 18.8. The van der Waals surface area contributed by atoms with E-state index < -0.39 is 13.9 Å². The lowest BCUT2D eigenvalue weighted by atomic mass is 10.0. The zero-order valence-corrected chi connectivity index (χ0v) is 24.7. The van der Waals surface area contributed by atoms with Crippen LogP contribution >= 0.6 is 7.82 Å². The molecule has 220 valence electrons. The third-order valence-electron chi connectivity index (χ3n) is 6.38. The Morgan fingerprint density at radius 3 is 2.13 bits per heavy atom. The number of allylic oxidation sites excluding steroid dienone is 2. The Labute approximate surface area is 236 Å². The summed E-state index contributed by atoms with van der Waals surface area (Å²) in [5, 5.41) is 11.7. The SMILES string of the molecule is CCCCCCCC/C=C\CCCCCCCC(=O)NC(COP(=O)(O)O)Cc1ccc(C#CCCO)cc1. The predicted molar refractivity (Wildman–Crippen MR) is 158 cm³/mol. The highest BCUT2D eigenvalue weighted by atomic mass is 31.2. The maximum Gasteiger partial charge on any atom is 0.469 e. The fourth-order valence-corrected chi connectivity index (χ4v) is 4.60. The number of hydrogen-bond donors (Lipinski definition) is 4. The molecule has 1 amide bonds. The highest BCUT2D eigenvalue weighted by Gasteiger charge is 2.20. The third kappa shape index (κ3) is 21.5. The number of benzene rings is 1. The first-order valence-corrected chi connectivity index (χ1v) is 16.2. The second-order valence-electron chi connectivity index (χ2n) is 10.1. The van der Waals surface area contributed by atoms with Crippen LogP contribution < -0.4 is 5.32 Å². The van der Waals surface area contributed by atoms with E-state index in [1.165, 1.54) is 51.4 Å². The minimum atomic E-state index is -4.64. The Morgan fingerprint density at radius 2 is 1.54 bits per heavy atom. The van der Waals surface area contributed by atoms with Gasteiger partial charge < -0.3 is 20.2 Å². The van der Waals surface area contributed by atoms with Crippen LogP contribution in [0.3, 0.4) is 0 Å². The van der Waals surface area contributed by atoms with Gasteiger partial charge in [0, 0.05) is 18.4 Å². The molecule has 0 aliphatic heterocycles. The highest BCUT2D eigenvalue weighted by Crippen LogP contribution is 2.35. The van der Waals surface area contributed by atoms with Crippen molar-refractivity contribution in [2.24, 2.45) is 0 Å². The van der Waals surface area contributed by atoms with Crippen molar-refractivity contribution >= 4 is 13.7 Å². The van der Waals surface area contributed by atoms with Crippen LogP contribution in [0.2, 0.25) is 0 Å². The second kappa shape index (κ2) is 22.8. The van der Waals surface area contributed by atoms with E-state index in [9.17, 15) is 9.36 Å². The molecule has 0 aromatic heterocycles. The number of rotatable bonds is 22. The number of carbonyl (C=O) groups is 1. The van der Waals surface area contributed by atoms with E-state index in [-0.39, 0.29) is 19.1 Å². The highest BCUT2D eigenvalue weighted by molar-refractivity contribution is 7.46. The van der Waals surface area contributed by atoms with Crippen molar-refractivity contribution in [3.05, 3.63) is 47.5 Å². The van der Waals surface area contributed by atoms with Crippen LogP contribution in [0.4, 0.5) is 0 Å². The summed E-state index contributed by atoms with van der Waals surface area (Å²) in [5.41, 5.74) is 1.70. The van der Waals surface area contributed by atoms with Crippen molar-refractivity contribution in [2.45, 2.75) is 116 Å². The van der Waals surface area contributed by atoms with Crippen molar-refractivity contribution in [3.8, 4) is 11.8 Å². The summed E-state index contributed by atoms with van der Waals surface area (Å²) in [7, 11) is -4.64. The average molecular weight is 564 g/mol. The van der Waals surface area contributed by atoms with Crippen LogP contribution in [-0.2, 0) is 20.3 Å². The molecule has 0 fully saturated rings. The lowest BCUT2D eigenvalue weighted by molar-refractivity contribution is -0.122. The van der Waals surface area contributed by atoms with Gasteiger partial charge in [0.2, 0.25) is 5.91 Å². The van der Waals surface area contributed by atoms with Gasteiger partial charge in [-0.1, -0.05) is 94.4 Å². The molecule has 4 N–H and O–H groups in total. The molecule has 0 saturated heterocycles. The number of amides is 1. The van der Waals surface area contributed by atoms with Crippen molar-refractivity contribution in [1.29, 1.82) is 0 Å². The van der Waals surface area contributed by atoms with Crippen LogP contribution in [0.15, 0.2) is 36.4 Å². The van der Waals surface area contributed by atoms with E-state index in [4.69, 9.17) is 14.9 Å². The van der Waals surface area contributed by atoms with E-state index >= 15 is 0 Å². The van der Waals surface area contributed by atoms with Gasteiger partial charge in [-0.25, -0.2) is 4.57 Å². The molecule has 1 rings (SSSR count). The molecule has 0 radical (unpaired) electrons. The Morgan fingerprint density at radius 1 is 0.949 bits per heavy atom. The summed E-state index contributed by atoms with van der Waals surface area (Å²) in [5.74, 6) is 5.68. The molecular weight excluding hydrogens is 513 g/mol. The second-order valence-corrected chi connectivity index (χ2v) is 11.3. The molecule has 0 heterocycles. The average Bonchev–Trinajstić information content (AvgIpc) is 2.90. The molecule has 1 aromatic carbocycles. The van der Waals surface area contributed by atoms with E-state index in [1.807, 2.05) is 24.3 Å². The van der Waals surface area contributed by atoms with E-state index in [0.29, 0.717) is 19.3 Å². The number of phosphoric acid groups is 1. The molecular formula is C31H50NO6P. The summed E-state index contributed by atoms with van der Waals surface area (Å²) in [4.78, 5) is 30.7. The molecule has 8 heteroatoms. The van der Waals surface area contributed by atoms with Gasteiger partial charge in [-0.05, 0) is 56.2 Å². The summed E-state index contributed by atoms with van der Waals surface area (Å²) >= 11 is 0. The van der Waals surface area contributed by atoms with E-state index in [1.54, 1.807) is 0 Å². The molecule has 39 heavy (non-hydrogen) atoms. The first kappa shape index (κ1) is 35.1. The molecule has 0 aliphatic carbocycles. The Kier molecular flexibility index (Phi) is 20.5. The topological polar surface area (TPSA) is 116 Å². The fourth-order valence-electron chi connectivity index (χ4n) is 4.22. The number of carbonyl (C=O) groups excluding carboxylic acids is 1. The lowest BCUT2D eigenvalue weighted by Gasteiger charge is -2.19. The number of hydrogen-bond acceptors (Lipinski definition) is 4. The van der Waals surface area contributed by atoms with Crippen molar-refractivity contribution in [2.75, 3.05) is 13.2 Å². The van der Waals surface area contributed by atoms with Gasteiger partial charge in [-0.3, -0.25) is 9.32 Å². The summed E-state index contributed by atoms with van der Waals surface area (Å²) < 4.78 is 15.9. The molecule has 0 spiro atoms. The number of aliphatic hydroxyl groups excluding tert-OH is 1. The van der Waals surface area contributed by atoms with Gasteiger partial charge in [0.25, 0.3) is 0 Å². The Bertz CT molecular complexity index is 900. The van der Waals surface area contributed by atoms with Crippen molar-refractivity contribution < 1.29 is 28.8 Å². The normalized spacial score (nSPS) is 12.3. The minimum absolute atomic E-state index is 0.0169. The summed E-state index contributed by atoms with van der Waals surface area (Å²) in [6.45, 7) is 1.99. The van der Waals surface area contributed by atoms with Crippen LogP contribution in [0, 0.1) is 11.8 Å².